The van der Waals surface area contributed by atoms with Crippen molar-refractivity contribution >= 4 is 11.8 Å². The van der Waals surface area contributed by atoms with E-state index in [0.717, 1.165) is 29.7 Å². The summed E-state index contributed by atoms with van der Waals surface area (Å²) in [6, 6.07) is 9.94. The molecule has 0 unspecified atom stereocenters. The Kier molecular flexibility index (Phi) is 5.16. The zero-order valence-corrected chi connectivity index (χ0v) is 18.4. The van der Waals surface area contributed by atoms with Crippen molar-refractivity contribution in [3.63, 3.8) is 0 Å². The summed E-state index contributed by atoms with van der Waals surface area (Å²) >= 11 is 0. The highest BCUT2D eigenvalue weighted by molar-refractivity contribution is 5.96. The molecule has 5 rings (SSSR count). The molecule has 3 heterocycles. The Morgan fingerprint density at radius 3 is 2.66 bits per heavy atom. The molecule has 1 saturated heterocycles. The average molecular weight is 436 g/mol. The second-order valence-electron chi connectivity index (χ2n) is 9.71. The molecular formula is C25H29N3O4. The van der Waals surface area contributed by atoms with Gasteiger partial charge in [0.2, 0.25) is 5.91 Å². The van der Waals surface area contributed by atoms with Crippen LogP contribution >= 0.6 is 0 Å². The summed E-state index contributed by atoms with van der Waals surface area (Å²) in [5.41, 5.74) is 2.96. The van der Waals surface area contributed by atoms with Crippen molar-refractivity contribution in [2.75, 3.05) is 26.2 Å². The molecule has 2 amide bonds. The van der Waals surface area contributed by atoms with Gasteiger partial charge in [-0.2, -0.15) is 0 Å². The standard InChI is InChI=1S/C25H29N3O4/c1-25-11-19(25)14-28(16-25)24(32)22-20-8-10-26(21(30)15-29)12-18(20)13-27(23(22)31)9-7-17-5-3-2-4-6-17/h2-6,13,19,29H,7-12,14-16H2,1H3/t19-,25+/m0/s1. The van der Waals surface area contributed by atoms with Crippen molar-refractivity contribution in [2.24, 2.45) is 11.3 Å². The van der Waals surface area contributed by atoms with Crippen molar-refractivity contribution in [3.8, 4) is 0 Å². The third kappa shape index (κ3) is 3.64. The zero-order chi connectivity index (χ0) is 22.5. The molecule has 0 radical (unpaired) electrons. The van der Waals surface area contributed by atoms with E-state index >= 15 is 0 Å². The monoisotopic (exact) mass is 435 g/mol. The Bertz CT molecular complexity index is 1130. The van der Waals surface area contributed by atoms with E-state index in [4.69, 9.17) is 0 Å². The van der Waals surface area contributed by atoms with Gasteiger partial charge >= 0.3 is 0 Å². The fourth-order valence-electron chi connectivity index (χ4n) is 5.37. The van der Waals surface area contributed by atoms with Gasteiger partial charge in [0.1, 0.15) is 12.2 Å². The van der Waals surface area contributed by atoms with Gasteiger partial charge in [0.15, 0.2) is 0 Å². The highest BCUT2D eigenvalue weighted by Crippen LogP contribution is 2.57. The number of hydrogen-bond acceptors (Lipinski definition) is 4. The van der Waals surface area contributed by atoms with Gasteiger partial charge in [0, 0.05) is 38.9 Å². The molecule has 2 aromatic rings. The van der Waals surface area contributed by atoms with Crippen molar-refractivity contribution in [1.29, 1.82) is 0 Å². The molecule has 2 aliphatic heterocycles. The minimum Gasteiger partial charge on any atom is -0.387 e. The molecular weight excluding hydrogens is 406 g/mol. The predicted octanol–water partition coefficient (Wildman–Crippen LogP) is 1.45. The van der Waals surface area contributed by atoms with Crippen molar-refractivity contribution in [3.05, 3.63) is 69.1 Å². The topological polar surface area (TPSA) is 82.9 Å². The number of aliphatic hydroxyl groups excluding tert-OH is 1. The fourth-order valence-corrected chi connectivity index (χ4v) is 5.37. The molecule has 0 bridgehead atoms. The van der Waals surface area contributed by atoms with Crippen LogP contribution in [0.2, 0.25) is 0 Å². The summed E-state index contributed by atoms with van der Waals surface area (Å²) in [6.07, 6.45) is 4.09. The molecule has 2 fully saturated rings. The Morgan fingerprint density at radius 1 is 1.19 bits per heavy atom. The third-order valence-corrected chi connectivity index (χ3v) is 7.47. The first-order chi connectivity index (χ1) is 15.4. The number of fused-ring (bicyclic) bond motifs is 2. The summed E-state index contributed by atoms with van der Waals surface area (Å²) in [6.45, 7) is 4.27. The normalized spacial score (nSPS) is 23.6. The van der Waals surface area contributed by atoms with Crippen molar-refractivity contribution in [2.45, 2.75) is 39.3 Å². The third-order valence-electron chi connectivity index (χ3n) is 7.47. The number of rotatable bonds is 5. The molecule has 1 aromatic carbocycles. The summed E-state index contributed by atoms with van der Waals surface area (Å²) in [4.78, 5) is 42.6. The molecule has 1 saturated carbocycles. The highest BCUT2D eigenvalue weighted by Gasteiger charge is 2.57. The van der Waals surface area contributed by atoms with Crippen LogP contribution in [-0.4, -0.2) is 57.5 Å². The molecule has 1 N–H and O–H groups in total. The molecule has 7 heteroatoms. The van der Waals surface area contributed by atoms with E-state index in [1.54, 1.807) is 15.7 Å². The first-order valence-corrected chi connectivity index (χ1v) is 11.4. The number of carbonyl (C=O) groups is 2. The van der Waals surface area contributed by atoms with Gasteiger partial charge < -0.3 is 19.5 Å². The van der Waals surface area contributed by atoms with E-state index in [1.165, 1.54) is 0 Å². The molecule has 168 valence electrons. The fraction of sp³-hybridized carbons (Fsp3) is 0.480. The van der Waals surface area contributed by atoms with Crippen LogP contribution in [0.4, 0.5) is 0 Å². The van der Waals surface area contributed by atoms with Gasteiger partial charge in [-0.1, -0.05) is 37.3 Å². The number of aryl methyl sites for hydroxylation is 2. The lowest BCUT2D eigenvalue weighted by Gasteiger charge is -2.31. The van der Waals surface area contributed by atoms with Gasteiger partial charge in [-0.25, -0.2) is 0 Å². The summed E-state index contributed by atoms with van der Waals surface area (Å²) in [5.74, 6) is 0.0396. The number of aliphatic hydroxyl groups is 1. The van der Waals surface area contributed by atoms with E-state index in [2.05, 4.69) is 6.92 Å². The molecule has 0 spiro atoms. The lowest BCUT2D eigenvalue weighted by Crippen LogP contribution is -2.43. The number of pyridine rings is 1. The average Bonchev–Trinajstić information content (AvgIpc) is 3.32. The van der Waals surface area contributed by atoms with Crippen LogP contribution in [-0.2, 0) is 30.7 Å². The molecule has 2 atom stereocenters. The number of amides is 2. The number of carbonyl (C=O) groups excluding carboxylic acids is 2. The van der Waals surface area contributed by atoms with E-state index < -0.39 is 6.61 Å². The van der Waals surface area contributed by atoms with Crippen LogP contribution in [0, 0.1) is 11.3 Å². The number of piperidine rings is 1. The lowest BCUT2D eigenvalue weighted by atomic mass is 9.95. The van der Waals surface area contributed by atoms with Crippen LogP contribution in [0.3, 0.4) is 0 Å². The highest BCUT2D eigenvalue weighted by atomic mass is 16.3. The van der Waals surface area contributed by atoms with Gasteiger partial charge in [-0.3, -0.25) is 14.4 Å². The van der Waals surface area contributed by atoms with Gasteiger partial charge in [0.05, 0.1) is 0 Å². The van der Waals surface area contributed by atoms with Crippen LogP contribution in [0.25, 0.3) is 0 Å². The van der Waals surface area contributed by atoms with Crippen LogP contribution in [0.5, 0.6) is 0 Å². The molecule has 1 aliphatic carbocycles. The van der Waals surface area contributed by atoms with Crippen molar-refractivity contribution < 1.29 is 14.7 Å². The van der Waals surface area contributed by atoms with E-state index in [0.29, 0.717) is 44.9 Å². The van der Waals surface area contributed by atoms with Gasteiger partial charge in [-0.05, 0) is 47.3 Å². The Morgan fingerprint density at radius 2 is 1.97 bits per heavy atom. The zero-order valence-electron chi connectivity index (χ0n) is 18.4. The van der Waals surface area contributed by atoms with Crippen LogP contribution in [0.1, 0.15) is 40.4 Å². The SMILES string of the molecule is C[C@]12C[C@H]1CN(C(=O)c1c3c(cn(CCc4ccccc4)c1=O)CN(C(=O)CO)CC3)C2. The molecule has 7 nitrogen and oxygen atoms in total. The molecule has 3 aliphatic rings. The summed E-state index contributed by atoms with van der Waals surface area (Å²) < 4.78 is 1.63. The van der Waals surface area contributed by atoms with Crippen LogP contribution < -0.4 is 5.56 Å². The Balaban J connectivity index is 1.50. The molecule has 1 aromatic heterocycles. The smallest absolute Gasteiger partial charge is 0.263 e. The van der Waals surface area contributed by atoms with E-state index in [1.807, 2.05) is 35.2 Å². The maximum Gasteiger partial charge on any atom is 0.263 e. The number of hydrogen-bond donors (Lipinski definition) is 1. The number of aromatic nitrogens is 1. The molecule has 32 heavy (non-hydrogen) atoms. The predicted molar refractivity (Wildman–Crippen MR) is 119 cm³/mol. The van der Waals surface area contributed by atoms with Gasteiger partial charge in [0.25, 0.3) is 11.5 Å². The van der Waals surface area contributed by atoms with E-state index in [-0.39, 0.29) is 28.4 Å². The maximum absolute atomic E-state index is 13.5. The number of likely N-dealkylation sites (tertiary alicyclic amines) is 1. The van der Waals surface area contributed by atoms with E-state index in [9.17, 15) is 19.5 Å². The quantitative estimate of drug-likeness (QED) is 0.771. The first-order valence-electron chi connectivity index (χ1n) is 11.4. The maximum atomic E-state index is 13.5. The largest absolute Gasteiger partial charge is 0.387 e. The summed E-state index contributed by atoms with van der Waals surface area (Å²) in [5, 5.41) is 9.28. The minimum atomic E-state index is -0.539. The second kappa shape index (κ2) is 7.89. The Labute approximate surface area is 187 Å². The summed E-state index contributed by atoms with van der Waals surface area (Å²) in [7, 11) is 0. The number of nitrogens with zero attached hydrogens (tertiary/aromatic N) is 3. The second-order valence-corrected chi connectivity index (χ2v) is 9.71. The Hall–Kier alpha value is -2.93. The van der Waals surface area contributed by atoms with Gasteiger partial charge in [-0.15, -0.1) is 0 Å². The van der Waals surface area contributed by atoms with Crippen LogP contribution in [0.15, 0.2) is 41.3 Å². The number of benzene rings is 1. The lowest BCUT2D eigenvalue weighted by molar-refractivity contribution is -0.135. The minimum absolute atomic E-state index is 0.171. The van der Waals surface area contributed by atoms with Crippen molar-refractivity contribution in [1.82, 2.24) is 14.4 Å². The first kappa shape index (κ1) is 20.9.